The molecule has 0 fully saturated rings. The fourth-order valence-corrected chi connectivity index (χ4v) is 3.28. The van der Waals surface area contributed by atoms with E-state index in [-0.39, 0.29) is 17.6 Å². The Morgan fingerprint density at radius 3 is 2.48 bits per heavy atom. The van der Waals surface area contributed by atoms with Gasteiger partial charge in [-0.2, -0.15) is 0 Å². The molecule has 1 N–H and O–H groups in total. The van der Waals surface area contributed by atoms with Crippen molar-refractivity contribution in [2.75, 3.05) is 25.5 Å². The lowest BCUT2D eigenvalue weighted by Gasteiger charge is -2.18. The van der Waals surface area contributed by atoms with Crippen LogP contribution >= 0.6 is 15.9 Å². The minimum atomic E-state index is -0.331. The lowest BCUT2D eigenvalue weighted by molar-refractivity contribution is -0.129. The lowest BCUT2D eigenvalue weighted by Crippen LogP contribution is -2.30. The molecule has 0 bridgehead atoms. The van der Waals surface area contributed by atoms with Gasteiger partial charge in [-0.1, -0.05) is 30.3 Å². The zero-order valence-electron chi connectivity index (χ0n) is 17.6. The Morgan fingerprint density at radius 2 is 1.81 bits per heavy atom. The number of aryl methyl sites for hydroxylation is 1. The summed E-state index contributed by atoms with van der Waals surface area (Å²) in [5.74, 6) is 0.804. The minimum absolute atomic E-state index is 0.0353. The smallest absolute Gasteiger partial charge is 0.291 e. The number of carbonyl (C=O) groups excluding carboxylic acids is 2. The number of para-hydroxylation sites is 1. The van der Waals surface area contributed by atoms with Crippen molar-refractivity contribution in [3.63, 3.8) is 0 Å². The standard InChI is InChI=1S/C24H25BrN2O4/c1-17-6-3-4-7-20(17)30-15-5-14-27(2)23(28)16-18-8-10-19(11-9-18)26-24(29)21-12-13-22(25)31-21/h3-4,6-13H,5,14-16H2,1-2H3,(H,26,29). The van der Waals surface area contributed by atoms with Gasteiger partial charge in [0.1, 0.15) is 5.75 Å². The van der Waals surface area contributed by atoms with E-state index < -0.39 is 0 Å². The summed E-state index contributed by atoms with van der Waals surface area (Å²) < 4.78 is 11.5. The van der Waals surface area contributed by atoms with E-state index in [1.165, 1.54) is 0 Å². The molecule has 3 rings (SSSR count). The third-order valence-corrected chi connectivity index (χ3v) is 5.21. The number of ether oxygens (including phenoxy) is 1. The van der Waals surface area contributed by atoms with Crippen molar-refractivity contribution in [1.29, 1.82) is 0 Å². The number of likely N-dealkylation sites (N-methyl/N-ethyl adjacent to an activating group) is 1. The maximum Gasteiger partial charge on any atom is 0.291 e. The van der Waals surface area contributed by atoms with Crippen LogP contribution in [-0.4, -0.2) is 36.9 Å². The third kappa shape index (κ3) is 6.72. The van der Waals surface area contributed by atoms with Gasteiger partial charge in [0.25, 0.3) is 5.91 Å². The highest BCUT2D eigenvalue weighted by Gasteiger charge is 2.12. The van der Waals surface area contributed by atoms with Crippen LogP contribution in [0.3, 0.4) is 0 Å². The van der Waals surface area contributed by atoms with Gasteiger partial charge >= 0.3 is 0 Å². The minimum Gasteiger partial charge on any atom is -0.493 e. The quantitative estimate of drug-likeness (QED) is 0.430. The highest BCUT2D eigenvalue weighted by atomic mass is 79.9. The second-order valence-corrected chi connectivity index (χ2v) is 8.00. The first kappa shape index (κ1) is 22.6. The molecule has 31 heavy (non-hydrogen) atoms. The number of furan rings is 1. The number of rotatable bonds is 9. The average Bonchev–Trinajstić information content (AvgIpc) is 3.20. The Morgan fingerprint density at radius 1 is 1.06 bits per heavy atom. The van der Waals surface area contributed by atoms with E-state index >= 15 is 0 Å². The predicted octanol–water partition coefficient (Wildman–Crippen LogP) is 5.07. The van der Waals surface area contributed by atoms with E-state index in [0.717, 1.165) is 23.3 Å². The zero-order chi connectivity index (χ0) is 22.2. The van der Waals surface area contributed by atoms with Crippen LogP contribution in [0.2, 0.25) is 0 Å². The van der Waals surface area contributed by atoms with Gasteiger partial charge in [0.2, 0.25) is 5.91 Å². The second-order valence-electron chi connectivity index (χ2n) is 7.21. The molecule has 7 heteroatoms. The van der Waals surface area contributed by atoms with E-state index in [1.54, 1.807) is 36.2 Å². The largest absolute Gasteiger partial charge is 0.493 e. The number of nitrogens with zero attached hydrogens (tertiary/aromatic N) is 1. The first-order chi connectivity index (χ1) is 14.9. The van der Waals surface area contributed by atoms with Gasteiger partial charge in [0, 0.05) is 19.3 Å². The number of carbonyl (C=O) groups is 2. The molecule has 0 radical (unpaired) electrons. The summed E-state index contributed by atoms with van der Waals surface area (Å²) in [7, 11) is 1.80. The molecule has 0 aliphatic heterocycles. The number of anilines is 1. The molecular formula is C24H25BrN2O4. The molecule has 0 saturated carbocycles. The summed E-state index contributed by atoms with van der Waals surface area (Å²) in [6.45, 7) is 3.19. The summed E-state index contributed by atoms with van der Waals surface area (Å²) in [6, 6.07) is 18.4. The molecule has 2 aromatic carbocycles. The number of hydrogen-bond donors (Lipinski definition) is 1. The molecule has 1 heterocycles. The van der Waals surface area contributed by atoms with Crippen molar-refractivity contribution >= 4 is 33.4 Å². The maximum absolute atomic E-state index is 12.5. The van der Waals surface area contributed by atoms with E-state index in [1.807, 2.05) is 43.3 Å². The summed E-state index contributed by atoms with van der Waals surface area (Å²) in [5.41, 5.74) is 2.62. The van der Waals surface area contributed by atoms with Gasteiger partial charge in [0.05, 0.1) is 13.0 Å². The molecule has 1 aromatic heterocycles. The molecular weight excluding hydrogens is 460 g/mol. The summed E-state index contributed by atoms with van der Waals surface area (Å²) >= 11 is 3.17. The first-order valence-electron chi connectivity index (χ1n) is 10.0. The van der Waals surface area contributed by atoms with Crippen molar-refractivity contribution in [3.8, 4) is 5.75 Å². The van der Waals surface area contributed by atoms with Crippen LogP contribution in [0, 0.1) is 6.92 Å². The molecule has 0 saturated heterocycles. The normalized spacial score (nSPS) is 10.5. The van der Waals surface area contributed by atoms with Crippen LogP contribution in [0.25, 0.3) is 0 Å². The third-order valence-electron chi connectivity index (χ3n) is 4.78. The Bertz CT molecular complexity index is 1030. The van der Waals surface area contributed by atoms with E-state index in [2.05, 4.69) is 21.2 Å². The summed E-state index contributed by atoms with van der Waals surface area (Å²) in [5, 5.41) is 2.76. The van der Waals surface area contributed by atoms with E-state index in [4.69, 9.17) is 9.15 Å². The Kier molecular flexibility index (Phi) is 7.89. The number of amides is 2. The fraction of sp³-hybridized carbons (Fsp3) is 0.250. The molecule has 162 valence electrons. The number of nitrogens with one attached hydrogen (secondary N) is 1. The van der Waals surface area contributed by atoms with Gasteiger partial charge in [0.15, 0.2) is 10.4 Å². The van der Waals surface area contributed by atoms with Crippen molar-refractivity contribution in [2.24, 2.45) is 0 Å². The van der Waals surface area contributed by atoms with Crippen LogP contribution in [0.15, 0.2) is 69.8 Å². The van der Waals surface area contributed by atoms with Crippen molar-refractivity contribution < 1.29 is 18.7 Å². The number of hydrogen-bond acceptors (Lipinski definition) is 4. The Balaban J connectivity index is 1.42. The van der Waals surface area contributed by atoms with Crippen LogP contribution in [0.1, 0.15) is 28.1 Å². The van der Waals surface area contributed by atoms with Crippen molar-refractivity contribution in [1.82, 2.24) is 4.90 Å². The highest BCUT2D eigenvalue weighted by molar-refractivity contribution is 9.10. The van der Waals surface area contributed by atoms with Crippen LogP contribution in [0.4, 0.5) is 5.69 Å². The number of benzene rings is 2. The SMILES string of the molecule is Cc1ccccc1OCCCN(C)C(=O)Cc1ccc(NC(=O)c2ccc(Br)o2)cc1. The van der Waals surface area contributed by atoms with E-state index in [9.17, 15) is 9.59 Å². The Labute approximate surface area is 190 Å². The molecule has 0 spiro atoms. The van der Waals surface area contributed by atoms with Crippen LogP contribution < -0.4 is 10.1 Å². The highest BCUT2D eigenvalue weighted by Crippen LogP contribution is 2.18. The van der Waals surface area contributed by atoms with Gasteiger partial charge in [-0.3, -0.25) is 9.59 Å². The predicted molar refractivity (Wildman–Crippen MR) is 123 cm³/mol. The number of halogens is 1. The molecule has 0 atom stereocenters. The Hall–Kier alpha value is -3.06. The zero-order valence-corrected chi connectivity index (χ0v) is 19.1. The van der Waals surface area contributed by atoms with Gasteiger partial charge in [-0.05, 0) is 70.7 Å². The first-order valence-corrected chi connectivity index (χ1v) is 10.8. The fourth-order valence-electron chi connectivity index (χ4n) is 2.97. The van der Waals surface area contributed by atoms with Crippen molar-refractivity contribution in [2.45, 2.75) is 19.8 Å². The average molecular weight is 485 g/mol. The molecule has 6 nitrogen and oxygen atoms in total. The second kappa shape index (κ2) is 10.8. The summed E-state index contributed by atoms with van der Waals surface area (Å²) in [6.07, 6.45) is 1.05. The molecule has 0 aliphatic rings. The van der Waals surface area contributed by atoms with Crippen molar-refractivity contribution in [3.05, 3.63) is 82.2 Å². The molecule has 0 unspecified atom stereocenters. The van der Waals surface area contributed by atoms with Crippen LogP contribution in [0.5, 0.6) is 5.75 Å². The van der Waals surface area contributed by atoms with E-state index in [0.29, 0.717) is 29.9 Å². The lowest BCUT2D eigenvalue weighted by atomic mass is 10.1. The molecule has 0 aliphatic carbocycles. The van der Waals surface area contributed by atoms with Crippen LogP contribution in [-0.2, 0) is 11.2 Å². The van der Waals surface area contributed by atoms with Gasteiger partial charge in [-0.25, -0.2) is 0 Å². The molecule has 2 amide bonds. The molecule has 3 aromatic rings. The summed E-state index contributed by atoms with van der Waals surface area (Å²) in [4.78, 5) is 26.3. The van der Waals surface area contributed by atoms with Gasteiger partial charge < -0.3 is 19.4 Å². The monoisotopic (exact) mass is 484 g/mol. The maximum atomic E-state index is 12.5. The van der Waals surface area contributed by atoms with Gasteiger partial charge in [-0.15, -0.1) is 0 Å². The topological polar surface area (TPSA) is 71.8 Å².